The molecule has 4 heterocycles. The third-order valence-corrected chi connectivity index (χ3v) is 4.38. The number of fused-ring (bicyclic) bond motifs is 1. The normalized spacial score (nSPS) is 17.1. The first-order valence-corrected chi connectivity index (χ1v) is 7.87. The van der Waals surface area contributed by atoms with Crippen molar-refractivity contribution in [2.75, 3.05) is 6.54 Å². The summed E-state index contributed by atoms with van der Waals surface area (Å²) in [4.78, 5) is 23.0. The molecule has 8 nitrogen and oxygen atoms in total. The van der Waals surface area contributed by atoms with Gasteiger partial charge in [0, 0.05) is 13.1 Å². The van der Waals surface area contributed by atoms with Crippen molar-refractivity contribution in [2.24, 2.45) is 0 Å². The highest BCUT2D eigenvalue weighted by molar-refractivity contribution is 5.91. The number of hydrogen-bond acceptors (Lipinski definition) is 5. The molecule has 0 saturated carbocycles. The molecule has 0 bridgehead atoms. The molecule has 24 heavy (non-hydrogen) atoms. The zero-order valence-corrected chi connectivity index (χ0v) is 13.6. The van der Waals surface area contributed by atoms with Crippen molar-refractivity contribution in [1.29, 1.82) is 0 Å². The van der Waals surface area contributed by atoms with E-state index < -0.39 is 0 Å². The van der Waals surface area contributed by atoms with E-state index in [0.29, 0.717) is 25.4 Å². The number of rotatable bonds is 3. The Balaban J connectivity index is 1.58. The molecule has 1 aliphatic heterocycles. The summed E-state index contributed by atoms with van der Waals surface area (Å²) in [6, 6.07) is 3.42. The zero-order chi connectivity index (χ0) is 16.7. The number of hydrogen-bond donors (Lipinski definition) is 0. The number of aromatic nitrogens is 5. The summed E-state index contributed by atoms with van der Waals surface area (Å²) < 4.78 is 9.39. The number of carbonyl (C=O) groups excluding carboxylic acids is 1. The second-order valence-corrected chi connectivity index (χ2v) is 5.94. The van der Waals surface area contributed by atoms with Crippen molar-refractivity contribution < 1.29 is 9.21 Å². The van der Waals surface area contributed by atoms with Crippen molar-refractivity contribution in [2.45, 2.75) is 33.0 Å². The number of nitrogens with zero attached hydrogens (tertiary/aromatic N) is 6. The van der Waals surface area contributed by atoms with Gasteiger partial charge < -0.3 is 13.9 Å². The maximum absolute atomic E-state index is 12.7. The Morgan fingerprint density at radius 2 is 2.25 bits per heavy atom. The zero-order valence-electron chi connectivity index (χ0n) is 13.6. The fourth-order valence-electron chi connectivity index (χ4n) is 3.13. The highest BCUT2D eigenvalue weighted by atomic mass is 16.3. The van der Waals surface area contributed by atoms with Gasteiger partial charge in [-0.3, -0.25) is 4.79 Å². The van der Waals surface area contributed by atoms with Gasteiger partial charge in [0.15, 0.2) is 5.76 Å². The van der Waals surface area contributed by atoms with E-state index >= 15 is 0 Å². The molecular weight excluding hydrogens is 308 g/mol. The summed E-state index contributed by atoms with van der Waals surface area (Å²) in [6.45, 7) is 5.76. The van der Waals surface area contributed by atoms with Crippen molar-refractivity contribution >= 4 is 5.91 Å². The minimum Gasteiger partial charge on any atom is -0.456 e. The van der Waals surface area contributed by atoms with E-state index in [0.717, 1.165) is 17.3 Å². The van der Waals surface area contributed by atoms with Gasteiger partial charge >= 0.3 is 0 Å². The van der Waals surface area contributed by atoms with E-state index in [2.05, 4.69) is 19.6 Å². The van der Waals surface area contributed by atoms with E-state index in [9.17, 15) is 4.79 Å². The molecule has 0 saturated heterocycles. The lowest BCUT2D eigenvalue weighted by Gasteiger charge is -2.33. The van der Waals surface area contributed by atoms with Crippen LogP contribution in [-0.2, 0) is 13.1 Å². The van der Waals surface area contributed by atoms with E-state index in [1.165, 1.54) is 6.33 Å². The minimum atomic E-state index is -0.110. The Labute approximate surface area is 138 Å². The van der Waals surface area contributed by atoms with Crippen LogP contribution in [0, 0.1) is 6.92 Å². The summed E-state index contributed by atoms with van der Waals surface area (Å²) in [6.07, 6.45) is 5.04. The Bertz CT molecular complexity index is 863. The smallest absolute Gasteiger partial charge is 0.290 e. The van der Waals surface area contributed by atoms with Gasteiger partial charge in [-0.2, -0.15) is 5.10 Å². The first-order chi connectivity index (χ1) is 11.6. The molecule has 4 rings (SSSR count). The summed E-state index contributed by atoms with van der Waals surface area (Å²) in [5.74, 6) is 1.90. The summed E-state index contributed by atoms with van der Waals surface area (Å²) in [5.41, 5.74) is 1.06. The molecule has 124 valence electrons. The van der Waals surface area contributed by atoms with Crippen molar-refractivity contribution in [3.63, 3.8) is 0 Å². The van der Waals surface area contributed by atoms with Gasteiger partial charge in [-0.15, -0.1) is 0 Å². The first-order valence-electron chi connectivity index (χ1n) is 7.87. The van der Waals surface area contributed by atoms with Crippen LogP contribution in [0.15, 0.2) is 35.4 Å². The minimum absolute atomic E-state index is 0.0947. The molecule has 1 amide bonds. The van der Waals surface area contributed by atoms with Gasteiger partial charge in [0.25, 0.3) is 5.91 Å². The molecule has 0 unspecified atom stereocenters. The SMILES string of the molecule is Cc1ccc(C(=O)N2CCn3c(Cn4cncn4)cnc3[C@@H]2C)o1. The van der Waals surface area contributed by atoms with Crippen LogP contribution < -0.4 is 0 Å². The Kier molecular flexibility index (Phi) is 3.44. The van der Waals surface area contributed by atoms with Crippen LogP contribution in [0.3, 0.4) is 0 Å². The Morgan fingerprint density at radius 1 is 1.38 bits per heavy atom. The van der Waals surface area contributed by atoms with Crippen LogP contribution in [0.4, 0.5) is 0 Å². The van der Waals surface area contributed by atoms with Crippen LogP contribution in [-0.4, -0.2) is 41.7 Å². The first kappa shape index (κ1) is 14.7. The fourth-order valence-corrected chi connectivity index (χ4v) is 3.13. The third-order valence-electron chi connectivity index (χ3n) is 4.38. The molecule has 0 N–H and O–H groups in total. The van der Waals surface area contributed by atoms with E-state index in [1.807, 2.05) is 20.0 Å². The largest absolute Gasteiger partial charge is 0.456 e. The molecule has 0 radical (unpaired) electrons. The predicted molar refractivity (Wildman–Crippen MR) is 84.2 cm³/mol. The molecule has 1 aliphatic rings. The van der Waals surface area contributed by atoms with Crippen molar-refractivity contribution in [3.8, 4) is 0 Å². The van der Waals surface area contributed by atoms with E-state index in [1.54, 1.807) is 28.0 Å². The van der Waals surface area contributed by atoms with Gasteiger partial charge in [-0.1, -0.05) is 0 Å². The highest BCUT2D eigenvalue weighted by Crippen LogP contribution is 2.27. The monoisotopic (exact) mass is 326 g/mol. The number of aryl methyl sites for hydroxylation is 1. The summed E-state index contributed by atoms with van der Waals surface area (Å²) >= 11 is 0. The van der Waals surface area contributed by atoms with Gasteiger partial charge in [-0.05, 0) is 26.0 Å². The van der Waals surface area contributed by atoms with Gasteiger partial charge in [0.1, 0.15) is 24.2 Å². The second kappa shape index (κ2) is 5.63. The maximum Gasteiger partial charge on any atom is 0.290 e. The lowest BCUT2D eigenvalue weighted by atomic mass is 10.2. The molecule has 0 aliphatic carbocycles. The van der Waals surface area contributed by atoms with Crippen LogP contribution in [0.25, 0.3) is 0 Å². The number of carbonyl (C=O) groups is 1. The lowest BCUT2D eigenvalue weighted by molar-refractivity contribution is 0.0602. The third kappa shape index (κ3) is 2.40. The maximum atomic E-state index is 12.7. The molecule has 1 atom stereocenters. The highest BCUT2D eigenvalue weighted by Gasteiger charge is 2.32. The van der Waals surface area contributed by atoms with Crippen LogP contribution in [0.2, 0.25) is 0 Å². The Hall–Kier alpha value is -2.90. The quantitative estimate of drug-likeness (QED) is 0.731. The molecule has 0 fully saturated rings. The number of amides is 1. The van der Waals surface area contributed by atoms with Crippen LogP contribution >= 0.6 is 0 Å². The lowest BCUT2D eigenvalue weighted by Crippen LogP contribution is -2.41. The molecule has 3 aromatic heterocycles. The molecule has 0 aromatic carbocycles. The second-order valence-electron chi connectivity index (χ2n) is 5.94. The van der Waals surface area contributed by atoms with Gasteiger partial charge in [0.2, 0.25) is 0 Å². The van der Waals surface area contributed by atoms with Crippen molar-refractivity contribution in [3.05, 3.63) is 54.0 Å². The Morgan fingerprint density at radius 3 is 2.96 bits per heavy atom. The summed E-state index contributed by atoms with van der Waals surface area (Å²) in [7, 11) is 0. The molecule has 3 aromatic rings. The summed E-state index contributed by atoms with van der Waals surface area (Å²) in [5, 5.41) is 4.13. The molecule has 0 spiro atoms. The van der Waals surface area contributed by atoms with E-state index in [-0.39, 0.29) is 11.9 Å². The molecule has 8 heteroatoms. The topological polar surface area (TPSA) is 82.0 Å². The van der Waals surface area contributed by atoms with Crippen LogP contribution in [0.5, 0.6) is 0 Å². The van der Waals surface area contributed by atoms with Gasteiger partial charge in [-0.25, -0.2) is 14.6 Å². The predicted octanol–water partition coefficient (Wildman–Crippen LogP) is 1.64. The standard InChI is InChI=1S/C16H18N6O2/c1-11-3-4-14(24-11)16(23)21-5-6-22-13(7-18-15(22)12(21)2)8-20-10-17-9-19-20/h3-4,7,9-10,12H,5-6,8H2,1-2H3/t12-/m0/s1. The van der Waals surface area contributed by atoms with Gasteiger partial charge in [0.05, 0.1) is 24.5 Å². The number of furan rings is 1. The van der Waals surface area contributed by atoms with Crippen LogP contribution in [0.1, 0.15) is 40.8 Å². The average Bonchev–Trinajstić information content (AvgIpc) is 3.30. The number of imidazole rings is 1. The van der Waals surface area contributed by atoms with E-state index in [4.69, 9.17) is 4.42 Å². The fraction of sp³-hybridized carbons (Fsp3) is 0.375. The van der Waals surface area contributed by atoms with Crippen molar-refractivity contribution in [1.82, 2.24) is 29.2 Å². The molecular formula is C16H18N6O2. The average molecular weight is 326 g/mol.